The maximum absolute atomic E-state index is 12.9. The van der Waals surface area contributed by atoms with Crippen molar-refractivity contribution in [2.75, 3.05) is 33.2 Å². The normalized spacial score (nSPS) is 24.3. The molecule has 2 saturated heterocycles. The zero-order chi connectivity index (χ0) is 18.4. The van der Waals surface area contributed by atoms with E-state index in [0.717, 1.165) is 37.6 Å². The Morgan fingerprint density at radius 1 is 1.31 bits per heavy atom. The van der Waals surface area contributed by atoms with Crippen LogP contribution < -0.4 is 0 Å². The molecule has 0 radical (unpaired) electrons. The van der Waals surface area contributed by atoms with Crippen LogP contribution in [0, 0.1) is 12.3 Å². The van der Waals surface area contributed by atoms with Crippen LogP contribution in [-0.2, 0) is 10.0 Å². The largest absolute Gasteiger partial charge is 0.305 e. The summed E-state index contributed by atoms with van der Waals surface area (Å²) < 4.78 is 27.3. The number of hydrogen-bond acceptors (Lipinski definition) is 6. The van der Waals surface area contributed by atoms with Gasteiger partial charge in [0.05, 0.1) is 0 Å². The maximum Gasteiger partial charge on any atom is 0.244 e. The highest BCUT2D eigenvalue weighted by Crippen LogP contribution is 2.49. The Morgan fingerprint density at radius 2 is 2.08 bits per heavy atom. The van der Waals surface area contributed by atoms with Crippen molar-refractivity contribution in [1.82, 2.24) is 29.4 Å². The Hall–Kier alpha value is -1.84. The van der Waals surface area contributed by atoms with Gasteiger partial charge in [0, 0.05) is 44.5 Å². The number of H-pyrrole nitrogens is 1. The van der Waals surface area contributed by atoms with Crippen LogP contribution in [0.3, 0.4) is 0 Å². The number of nitrogens with zero attached hydrogens (tertiary/aromatic N) is 5. The molecule has 2 aliphatic rings. The summed E-state index contributed by atoms with van der Waals surface area (Å²) >= 11 is 0. The molecule has 1 atom stereocenters. The monoisotopic (exact) mass is 376 g/mol. The molecule has 2 fully saturated rings. The van der Waals surface area contributed by atoms with Crippen LogP contribution in [0.2, 0.25) is 0 Å². The zero-order valence-electron chi connectivity index (χ0n) is 15.1. The summed E-state index contributed by atoms with van der Waals surface area (Å²) in [7, 11) is -1.37. The molecule has 2 aromatic heterocycles. The highest BCUT2D eigenvalue weighted by atomic mass is 32.2. The van der Waals surface area contributed by atoms with Crippen LogP contribution in [0.5, 0.6) is 0 Å². The molecule has 8 nitrogen and oxygen atoms in total. The molecular weight excluding hydrogens is 352 g/mol. The van der Waals surface area contributed by atoms with Crippen LogP contribution in [0.1, 0.15) is 30.4 Å². The number of likely N-dealkylation sites (N-methyl/N-ethyl adjacent to an activating group) is 1. The second-order valence-electron chi connectivity index (χ2n) is 7.48. The fraction of sp³-hybridized carbons (Fsp3) is 0.588. The summed E-state index contributed by atoms with van der Waals surface area (Å²) in [6.07, 6.45) is 4.63. The second kappa shape index (κ2) is 6.40. The van der Waals surface area contributed by atoms with Crippen molar-refractivity contribution in [3.05, 3.63) is 36.2 Å². The van der Waals surface area contributed by atoms with Gasteiger partial charge in [0.2, 0.25) is 10.0 Å². The third kappa shape index (κ3) is 2.93. The fourth-order valence-electron chi connectivity index (χ4n) is 4.42. The van der Waals surface area contributed by atoms with Crippen LogP contribution in [-0.4, -0.2) is 71.0 Å². The van der Waals surface area contributed by atoms with Gasteiger partial charge in [0.25, 0.3) is 0 Å². The van der Waals surface area contributed by atoms with E-state index in [2.05, 4.69) is 32.1 Å². The third-order valence-corrected chi connectivity index (χ3v) is 7.62. The minimum Gasteiger partial charge on any atom is -0.305 e. The van der Waals surface area contributed by atoms with E-state index in [9.17, 15) is 8.42 Å². The molecule has 1 unspecified atom stereocenters. The summed E-state index contributed by atoms with van der Waals surface area (Å²) in [5.41, 5.74) is 0.0321. The lowest BCUT2D eigenvalue weighted by Crippen LogP contribution is -2.46. The van der Waals surface area contributed by atoms with Gasteiger partial charge in [-0.2, -0.15) is 9.40 Å². The predicted molar refractivity (Wildman–Crippen MR) is 96.0 cm³/mol. The van der Waals surface area contributed by atoms with Crippen LogP contribution in [0.15, 0.2) is 29.4 Å². The molecule has 4 heterocycles. The topological polar surface area (TPSA) is 95.1 Å². The molecule has 0 saturated carbocycles. The van der Waals surface area contributed by atoms with Crippen molar-refractivity contribution in [2.24, 2.45) is 5.41 Å². The Kier molecular flexibility index (Phi) is 4.32. The molecular formula is C17H24N6O2S. The first-order valence-corrected chi connectivity index (χ1v) is 10.3. The van der Waals surface area contributed by atoms with Gasteiger partial charge in [-0.05, 0) is 44.4 Å². The molecule has 140 valence electrons. The molecule has 0 aromatic carbocycles. The second-order valence-corrected chi connectivity index (χ2v) is 9.42. The Labute approximate surface area is 153 Å². The van der Waals surface area contributed by atoms with E-state index >= 15 is 0 Å². The summed E-state index contributed by atoms with van der Waals surface area (Å²) in [4.78, 5) is 11.1. The number of likely N-dealkylation sites (tertiary alicyclic amines) is 1. The van der Waals surface area contributed by atoms with Crippen molar-refractivity contribution < 1.29 is 8.42 Å². The van der Waals surface area contributed by atoms with Crippen molar-refractivity contribution >= 4 is 10.0 Å². The summed E-state index contributed by atoms with van der Waals surface area (Å²) in [5, 5.41) is 7.34. The number of aromatic nitrogens is 4. The first kappa shape index (κ1) is 17.6. The number of rotatable bonds is 3. The zero-order valence-corrected chi connectivity index (χ0v) is 15.9. The number of aromatic amines is 1. The van der Waals surface area contributed by atoms with Gasteiger partial charge in [0.15, 0.2) is 5.82 Å². The van der Waals surface area contributed by atoms with Crippen LogP contribution >= 0.6 is 0 Å². The smallest absolute Gasteiger partial charge is 0.244 e. The first-order chi connectivity index (χ1) is 12.4. The molecule has 1 spiro atoms. The molecule has 1 N–H and O–H groups in total. The van der Waals surface area contributed by atoms with E-state index in [1.807, 2.05) is 6.92 Å². The van der Waals surface area contributed by atoms with Gasteiger partial charge in [-0.3, -0.25) is 10.1 Å². The number of hydrogen-bond donors (Lipinski definition) is 1. The molecule has 9 heteroatoms. The average Bonchev–Trinajstić information content (AvgIpc) is 3.19. The summed E-state index contributed by atoms with van der Waals surface area (Å²) in [5.74, 6) is 1.91. The minimum absolute atomic E-state index is 0.0321. The molecule has 0 aliphatic carbocycles. The van der Waals surface area contributed by atoms with E-state index in [0.29, 0.717) is 13.1 Å². The fourth-order valence-corrected chi connectivity index (χ4v) is 5.82. The molecule has 0 bridgehead atoms. The summed E-state index contributed by atoms with van der Waals surface area (Å²) in [6, 6.07) is 3.27. The SMILES string of the molecule is Cc1nc(C2CN(C)CC23CCN(S(=O)(=O)c2cccnc2)CC3)n[nH]1. The van der Waals surface area contributed by atoms with Gasteiger partial charge in [-0.1, -0.05) is 0 Å². The highest BCUT2D eigenvalue weighted by Gasteiger charge is 2.50. The number of piperidine rings is 1. The van der Waals surface area contributed by atoms with E-state index < -0.39 is 10.0 Å². The van der Waals surface area contributed by atoms with Crippen LogP contribution in [0.4, 0.5) is 0 Å². The molecule has 0 amide bonds. The number of nitrogens with one attached hydrogen (secondary N) is 1. The Balaban J connectivity index is 1.55. The van der Waals surface area contributed by atoms with Gasteiger partial charge < -0.3 is 4.90 Å². The molecule has 2 aromatic rings. The van der Waals surface area contributed by atoms with Gasteiger partial charge in [0.1, 0.15) is 10.7 Å². The van der Waals surface area contributed by atoms with Crippen molar-refractivity contribution in [1.29, 1.82) is 0 Å². The predicted octanol–water partition coefficient (Wildman–Crippen LogP) is 1.01. The average molecular weight is 376 g/mol. The minimum atomic E-state index is -3.48. The van der Waals surface area contributed by atoms with E-state index in [-0.39, 0.29) is 16.2 Å². The highest BCUT2D eigenvalue weighted by molar-refractivity contribution is 7.89. The third-order valence-electron chi connectivity index (χ3n) is 5.73. The molecule has 4 rings (SSSR count). The molecule has 26 heavy (non-hydrogen) atoms. The van der Waals surface area contributed by atoms with E-state index in [1.54, 1.807) is 22.6 Å². The number of pyridine rings is 1. The number of aryl methyl sites for hydroxylation is 1. The number of sulfonamides is 1. The van der Waals surface area contributed by atoms with Gasteiger partial charge in [-0.15, -0.1) is 0 Å². The Bertz CT molecular complexity index is 874. The lowest BCUT2D eigenvalue weighted by molar-refractivity contribution is 0.142. The van der Waals surface area contributed by atoms with Gasteiger partial charge >= 0.3 is 0 Å². The van der Waals surface area contributed by atoms with Crippen molar-refractivity contribution in [2.45, 2.75) is 30.6 Å². The Morgan fingerprint density at radius 3 is 2.69 bits per heavy atom. The maximum atomic E-state index is 12.9. The van der Waals surface area contributed by atoms with Crippen molar-refractivity contribution in [3.63, 3.8) is 0 Å². The summed E-state index contributed by atoms with van der Waals surface area (Å²) in [6.45, 7) is 4.81. The molecule has 2 aliphatic heterocycles. The van der Waals surface area contributed by atoms with E-state index in [4.69, 9.17) is 0 Å². The van der Waals surface area contributed by atoms with Gasteiger partial charge in [-0.25, -0.2) is 13.4 Å². The quantitative estimate of drug-likeness (QED) is 0.859. The standard InChI is InChI=1S/C17H24N6O2S/c1-13-19-16(21-20-13)15-11-22(2)12-17(15)5-8-23(9-6-17)26(24,25)14-4-3-7-18-10-14/h3-4,7,10,15H,5-6,8-9,11-12H2,1-2H3,(H,19,20,21). The lowest BCUT2D eigenvalue weighted by Gasteiger charge is -2.41. The first-order valence-electron chi connectivity index (χ1n) is 8.88. The van der Waals surface area contributed by atoms with Crippen LogP contribution in [0.25, 0.3) is 0 Å². The van der Waals surface area contributed by atoms with Crippen molar-refractivity contribution in [3.8, 4) is 0 Å². The van der Waals surface area contributed by atoms with E-state index in [1.165, 1.54) is 6.20 Å². The lowest BCUT2D eigenvalue weighted by atomic mass is 9.71.